The largest absolute Gasteiger partial charge is 0.464 e. The van der Waals surface area contributed by atoms with Crippen LogP contribution >= 0.6 is 0 Å². The van der Waals surface area contributed by atoms with Gasteiger partial charge in [-0.15, -0.1) is 0 Å². The number of nitrogens with one attached hydrogen (secondary N) is 2. The lowest BCUT2D eigenvalue weighted by atomic mass is 10.2. The SMILES string of the molecule is CC.CCOc1nc(NCCN2CCOCC2)nc(Nc2ccc(C)cc2)n1. The van der Waals surface area contributed by atoms with Crippen LogP contribution in [-0.2, 0) is 4.74 Å². The van der Waals surface area contributed by atoms with Crippen molar-refractivity contribution in [3.05, 3.63) is 29.8 Å². The van der Waals surface area contributed by atoms with Crippen molar-refractivity contribution >= 4 is 17.6 Å². The molecule has 8 nitrogen and oxygen atoms in total. The molecule has 1 aromatic heterocycles. The number of hydrogen-bond acceptors (Lipinski definition) is 8. The molecule has 154 valence electrons. The highest BCUT2D eigenvalue weighted by Crippen LogP contribution is 2.17. The number of anilines is 3. The molecule has 1 saturated heterocycles. The maximum absolute atomic E-state index is 5.47. The van der Waals surface area contributed by atoms with Crippen molar-refractivity contribution in [3.63, 3.8) is 0 Å². The first-order chi connectivity index (χ1) is 13.7. The van der Waals surface area contributed by atoms with Gasteiger partial charge in [0.15, 0.2) is 0 Å². The summed E-state index contributed by atoms with van der Waals surface area (Å²) in [5.41, 5.74) is 2.12. The predicted molar refractivity (Wildman–Crippen MR) is 113 cm³/mol. The van der Waals surface area contributed by atoms with E-state index in [1.54, 1.807) is 0 Å². The van der Waals surface area contributed by atoms with Gasteiger partial charge in [0, 0.05) is 31.9 Å². The normalized spacial score (nSPS) is 14.0. The zero-order chi connectivity index (χ0) is 20.2. The highest BCUT2D eigenvalue weighted by Gasteiger charge is 2.11. The zero-order valence-corrected chi connectivity index (χ0v) is 17.4. The Kier molecular flexibility index (Phi) is 9.44. The van der Waals surface area contributed by atoms with Gasteiger partial charge in [0.05, 0.1) is 19.8 Å². The second-order valence-corrected chi connectivity index (χ2v) is 6.07. The summed E-state index contributed by atoms with van der Waals surface area (Å²) >= 11 is 0. The van der Waals surface area contributed by atoms with Gasteiger partial charge in [-0.3, -0.25) is 4.90 Å². The van der Waals surface area contributed by atoms with Crippen LogP contribution in [0.25, 0.3) is 0 Å². The van der Waals surface area contributed by atoms with E-state index in [1.807, 2.05) is 45.0 Å². The van der Waals surface area contributed by atoms with Gasteiger partial charge < -0.3 is 20.1 Å². The predicted octanol–water partition coefficient (Wildman–Crippen LogP) is 3.09. The lowest BCUT2D eigenvalue weighted by molar-refractivity contribution is 0.0398. The zero-order valence-electron chi connectivity index (χ0n) is 17.4. The molecule has 0 bridgehead atoms. The molecule has 2 N–H and O–H groups in total. The molecule has 0 radical (unpaired) electrons. The summed E-state index contributed by atoms with van der Waals surface area (Å²) in [6.45, 7) is 13.6. The minimum Gasteiger partial charge on any atom is -0.464 e. The summed E-state index contributed by atoms with van der Waals surface area (Å²) in [5, 5.41) is 6.46. The number of hydrogen-bond donors (Lipinski definition) is 2. The van der Waals surface area contributed by atoms with Crippen LogP contribution in [0.5, 0.6) is 6.01 Å². The van der Waals surface area contributed by atoms with Gasteiger partial charge in [0.1, 0.15) is 0 Å². The topological polar surface area (TPSA) is 84.4 Å². The second-order valence-electron chi connectivity index (χ2n) is 6.07. The van der Waals surface area contributed by atoms with Crippen LogP contribution in [-0.4, -0.2) is 65.9 Å². The van der Waals surface area contributed by atoms with Crippen molar-refractivity contribution in [2.24, 2.45) is 0 Å². The molecule has 8 heteroatoms. The lowest BCUT2D eigenvalue weighted by Gasteiger charge is -2.26. The molecular formula is C20H32N6O2. The third-order valence-electron chi connectivity index (χ3n) is 4.01. The first-order valence-electron chi connectivity index (χ1n) is 9.99. The first kappa shape index (κ1) is 21.8. The Labute approximate surface area is 167 Å². The summed E-state index contributed by atoms with van der Waals surface area (Å²) < 4.78 is 10.8. The van der Waals surface area contributed by atoms with Crippen LogP contribution in [0, 0.1) is 6.92 Å². The molecule has 1 aliphatic rings. The highest BCUT2D eigenvalue weighted by atomic mass is 16.5. The average Bonchev–Trinajstić information content (AvgIpc) is 2.72. The van der Waals surface area contributed by atoms with Gasteiger partial charge in [-0.25, -0.2) is 0 Å². The van der Waals surface area contributed by atoms with Crippen LogP contribution < -0.4 is 15.4 Å². The van der Waals surface area contributed by atoms with E-state index in [0.29, 0.717) is 24.5 Å². The molecule has 1 fully saturated rings. The Balaban J connectivity index is 0.00000136. The molecule has 2 heterocycles. The van der Waals surface area contributed by atoms with E-state index in [9.17, 15) is 0 Å². The molecule has 0 aliphatic carbocycles. The molecule has 1 aliphatic heterocycles. The van der Waals surface area contributed by atoms with E-state index in [4.69, 9.17) is 9.47 Å². The van der Waals surface area contributed by atoms with Gasteiger partial charge in [0.25, 0.3) is 0 Å². The van der Waals surface area contributed by atoms with Crippen LogP contribution in [0.15, 0.2) is 24.3 Å². The number of nitrogens with zero attached hydrogens (tertiary/aromatic N) is 4. The van der Waals surface area contributed by atoms with Gasteiger partial charge in [-0.2, -0.15) is 15.0 Å². The molecule has 0 saturated carbocycles. The number of aryl methyl sites for hydroxylation is 1. The van der Waals surface area contributed by atoms with E-state index in [-0.39, 0.29) is 0 Å². The third kappa shape index (κ3) is 7.28. The quantitative estimate of drug-likeness (QED) is 0.714. The summed E-state index contributed by atoms with van der Waals surface area (Å²) in [6, 6.07) is 8.37. The van der Waals surface area contributed by atoms with Crippen molar-refractivity contribution < 1.29 is 9.47 Å². The minimum atomic E-state index is 0.311. The maximum atomic E-state index is 5.47. The fourth-order valence-corrected chi connectivity index (χ4v) is 2.60. The van der Waals surface area contributed by atoms with Gasteiger partial charge in [0.2, 0.25) is 11.9 Å². The Morgan fingerprint density at radius 2 is 1.71 bits per heavy atom. The minimum absolute atomic E-state index is 0.311. The molecule has 3 rings (SSSR count). The van der Waals surface area contributed by atoms with E-state index in [1.165, 1.54) is 5.56 Å². The van der Waals surface area contributed by atoms with Crippen molar-refractivity contribution in [1.82, 2.24) is 19.9 Å². The monoisotopic (exact) mass is 388 g/mol. The number of rotatable bonds is 8. The number of ether oxygens (including phenoxy) is 2. The molecular weight excluding hydrogens is 356 g/mol. The Morgan fingerprint density at radius 3 is 2.39 bits per heavy atom. The van der Waals surface area contributed by atoms with E-state index >= 15 is 0 Å². The average molecular weight is 389 g/mol. The van der Waals surface area contributed by atoms with E-state index < -0.39 is 0 Å². The standard InChI is InChI=1S/C18H26N6O2.C2H6/c1-3-26-18-22-16(19-8-9-24-10-12-25-13-11-24)21-17(23-18)20-15-6-4-14(2)5-7-15;1-2/h4-7H,3,8-13H2,1-2H3,(H2,19,20,21,22,23);1-2H3. The van der Waals surface area contributed by atoms with E-state index in [0.717, 1.165) is 45.1 Å². The summed E-state index contributed by atoms with van der Waals surface area (Å²) in [5.74, 6) is 0.965. The Hall–Kier alpha value is -2.45. The van der Waals surface area contributed by atoms with Crippen LogP contribution in [0.3, 0.4) is 0 Å². The summed E-state index contributed by atoms with van der Waals surface area (Å²) in [6.07, 6.45) is 0. The molecule has 0 unspecified atom stereocenters. The van der Waals surface area contributed by atoms with Crippen molar-refractivity contribution in [2.75, 3.05) is 56.6 Å². The second kappa shape index (κ2) is 12.1. The molecule has 0 spiro atoms. The van der Waals surface area contributed by atoms with E-state index in [2.05, 4.69) is 37.4 Å². The van der Waals surface area contributed by atoms with Crippen molar-refractivity contribution in [2.45, 2.75) is 27.7 Å². The number of morpholine rings is 1. The number of benzene rings is 1. The van der Waals surface area contributed by atoms with Crippen molar-refractivity contribution in [3.8, 4) is 6.01 Å². The summed E-state index contributed by atoms with van der Waals surface area (Å²) in [7, 11) is 0. The third-order valence-corrected chi connectivity index (χ3v) is 4.01. The summed E-state index contributed by atoms with van der Waals surface area (Å²) in [4.78, 5) is 15.4. The molecule has 2 aromatic rings. The smallest absolute Gasteiger partial charge is 0.323 e. The fourth-order valence-electron chi connectivity index (χ4n) is 2.60. The maximum Gasteiger partial charge on any atom is 0.323 e. The van der Waals surface area contributed by atoms with Gasteiger partial charge in [-0.05, 0) is 26.0 Å². The highest BCUT2D eigenvalue weighted by molar-refractivity contribution is 5.54. The molecule has 0 amide bonds. The van der Waals surface area contributed by atoms with Gasteiger partial charge in [-0.1, -0.05) is 31.5 Å². The van der Waals surface area contributed by atoms with Crippen LogP contribution in [0.1, 0.15) is 26.3 Å². The fraction of sp³-hybridized carbons (Fsp3) is 0.550. The first-order valence-corrected chi connectivity index (χ1v) is 9.99. The lowest BCUT2D eigenvalue weighted by Crippen LogP contribution is -2.39. The Bertz CT molecular complexity index is 690. The Morgan fingerprint density at radius 1 is 1.04 bits per heavy atom. The molecule has 1 aromatic carbocycles. The molecule has 0 atom stereocenters. The van der Waals surface area contributed by atoms with Crippen LogP contribution in [0.2, 0.25) is 0 Å². The number of aromatic nitrogens is 3. The molecule has 28 heavy (non-hydrogen) atoms. The van der Waals surface area contributed by atoms with Crippen molar-refractivity contribution in [1.29, 1.82) is 0 Å². The van der Waals surface area contributed by atoms with Gasteiger partial charge >= 0.3 is 6.01 Å². The van der Waals surface area contributed by atoms with Crippen LogP contribution in [0.4, 0.5) is 17.6 Å².